The molecule has 27 heavy (non-hydrogen) atoms. The largest absolute Gasteiger partial charge is 0.389 e. The van der Waals surface area contributed by atoms with Crippen LogP contribution in [0, 0.1) is 0 Å². The summed E-state index contributed by atoms with van der Waals surface area (Å²) in [5.74, 6) is 0.720. The Labute approximate surface area is 157 Å². The van der Waals surface area contributed by atoms with Crippen LogP contribution in [-0.2, 0) is 21.4 Å². The second kappa shape index (κ2) is 6.95. The number of aromatic nitrogens is 3. The molecule has 2 heterocycles. The van der Waals surface area contributed by atoms with E-state index in [9.17, 15) is 8.42 Å². The molecular formula is C17H23N5O4S. The number of anilines is 1. The lowest BCUT2D eigenvalue weighted by Crippen LogP contribution is -2.50. The fourth-order valence-corrected chi connectivity index (χ4v) is 3.83. The topological polar surface area (TPSA) is 121 Å². The van der Waals surface area contributed by atoms with Crippen LogP contribution in [0.2, 0.25) is 0 Å². The second-order valence-electron chi connectivity index (χ2n) is 6.65. The molecule has 2 aromatic heterocycles. The molecule has 10 heteroatoms. The van der Waals surface area contributed by atoms with Gasteiger partial charge in [0.05, 0.1) is 11.8 Å². The first-order valence-electron chi connectivity index (χ1n) is 8.43. The number of fused-ring (bicyclic) bond motifs is 3. The second-order valence-corrected chi connectivity index (χ2v) is 8.40. The number of hydrogen-bond donors (Lipinski definition) is 2. The average molecular weight is 393 g/mol. The molecule has 3 aromatic rings. The Morgan fingerprint density at radius 3 is 2.63 bits per heavy atom. The number of para-hydroxylation sites is 1. The van der Waals surface area contributed by atoms with E-state index in [1.807, 2.05) is 31.2 Å². The van der Waals surface area contributed by atoms with Crippen molar-refractivity contribution in [3.63, 3.8) is 0 Å². The van der Waals surface area contributed by atoms with Crippen molar-refractivity contribution in [2.75, 3.05) is 18.6 Å². The summed E-state index contributed by atoms with van der Waals surface area (Å²) in [5.41, 5.74) is 6.63. The molecule has 0 saturated carbocycles. The maximum absolute atomic E-state index is 11.7. The summed E-state index contributed by atoms with van der Waals surface area (Å²) in [6, 6.07) is 7.45. The quantitative estimate of drug-likeness (QED) is 0.582. The number of ether oxygens (including phenoxy) is 1. The van der Waals surface area contributed by atoms with Gasteiger partial charge in [-0.05, 0) is 26.8 Å². The van der Waals surface area contributed by atoms with E-state index >= 15 is 0 Å². The standard InChI is InChI=1S/C17H23N5O4S/c1-5-25-10-13-20-14-15(11-8-6-7-9-12(11)19-16(14)18)22(13)26-17(2,3)21-27(4,23)24/h6-9,21H,5,10H2,1-4H3,(H2,18,19). The van der Waals surface area contributed by atoms with Crippen LogP contribution in [-0.4, -0.2) is 41.7 Å². The molecule has 146 valence electrons. The van der Waals surface area contributed by atoms with Crippen LogP contribution in [0.15, 0.2) is 24.3 Å². The van der Waals surface area contributed by atoms with Gasteiger partial charge in [0, 0.05) is 12.0 Å². The third kappa shape index (κ3) is 4.12. The van der Waals surface area contributed by atoms with Crippen molar-refractivity contribution in [3.05, 3.63) is 30.1 Å². The van der Waals surface area contributed by atoms with E-state index < -0.39 is 15.7 Å². The van der Waals surface area contributed by atoms with Crippen LogP contribution in [0.3, 0.4) is 0 Å². The number of nitrogens with one attached hydrogen (secondary N) is 1. The van der Waals surface area contributed by atoms with E-state index in [-0.39, 0.29) is 12.4 Å². The average Bonchev–Trinajstić information content (AvgIpc) is 2.89. The van der Waals surface area contributed by atoms with Crippen molar-refractivity contribution < 1.29 is 18.0 Å². The number of nitrogen functional groups attached to an aromatic ring is 1. The van der Waals surface area contributed by atoms with E-state index in [1.165, 1.54) is 4.73 Å². The lowest BCUT2D eigenvalue weighted by Gasteiger charge is -2.27. The number of benzene rings is 1. The Kier molecular flexibility index (Phi) is 4.98. The maximum Gasteiger partial charge on any atom is 0.211 e. The van der Waals surface area contributed by atoms with Gasteiger partial charge in [-0.3, -0.25) is 0 Å². The molecule has 0 aliphatic carbocycles. The number of nitrogens with zero attached hydrogens (tertiary/aromatic N) is 3. The molecule has 9 nitrogen and oxygen atoms in total. The molecule has 3 N–H and O–H groups in total. The first-order chi connectivity index (χ1) is 12.6. The lowest BCUT2D eigenvalue weighted by molar-refractivity contribution is -0.0399. The molecule has 0 saturated heterocycles. The highest BCUT2D eigenvalue weighted by molar-refractivity contribution is 7.88. The molecule has 1 aromatic carbocycles. The van der Waals surface area contributed by atoms with Crippen molar-refractivity contribution in [2.45, 2.75) is 33.1 Å². The van der Waals surface area contributed by atoms with Crippen LogP contribution in [0.25, 0.3) is 21.9 Å². The minimum absolute atomic E-state index is 0.175. The molecule has 0 radical (unpaired) electrons. The smallest absolute Gasteiger partial charge is 0.211 e. The van der Waals surface area contributed by atoms with Gasteiger partial charge < -0.3 is 15.3 Å². The fourth-order valence-electron chi connectivity index (χ4n) is 2.90. The fraction of sp³-hybridized carbons (Fsp3) is 0.412. The Morgan fingerprint density at radius 2 is 1.96 bits per heavy atom. The summed E-state index contributed by atoms with van der Waals surface area (Å²) in [7, 11) is -3.50. The highest BCUT2D eigenvalue weighted by Gasteiger charge is 2.28. The van der Waals surface area contributed by atoms with Gasteiger partial charge in [0.1, 0.15) is 17.6 Å². The number of rotatable bonds is 7. The van der Waals surface area contributed by atoms with Crippen molar-refractivity contribution in [2.24, 2.45) is 0 Å². The van der Waals surface area contributed by atoms with Crippen molar-refractivity contribution in [1.82, 2.24) is 19.4 Å². The Bertz CT molecular complexity index is 1090. The molecule has 0 amide bonds. The third-order valence-electron chi connectivity index (χ3n) is 3.73. The van der Waals surface area contributed by atoms with E-state index in [4.69, 9.17) is 15.3 Å². The predicted molar refractivity (Wildman–Crippen MR) is 103 cm³/mol. The third-order valence-corrected chi connectivity index (χ3v) is 4.59. The van der Waals surface area contributed by atoms with Crippen LogP contribution < -0.4 is 15.3 Å². The van der Waals surface area contributed by atoms with Gasteiger partial charge in [0.2, 0.25) is 10.0 Å². The van der Waals surface area contributed by atoms with Crippen LogP contribution in [0.1, 0.15) is 26.6 Å². The summed E-state index contributed by atoms with van der Waals surface area (Å²) < 4.78 is 32.8. The molecular weight excluding hydrogens is 370 g/mol. The Balaban J connectivity index is 2.24. The Hall–Kier alpha value is -2.43. The minimum Gasteiger partial charge on any atom is -0.389 e. The van der Waals surface area contributed by atoms with Gasteiger partial charge in [-0.2, -0.15) is 9.45 Å². The number of hydrogen-bond acceptors (Lipinski definition) is 7. The molecule has 0 fully saturated rings. The summed E-state index contributed by atoms with van der Waals surface area (Å²) >= 11 is 0. The zero-order chi connectivity index (χ0) is 19.8. The predicted octanol–water partition coefficient (Wildman–Crippen LogP) is 1.42. The minimum atomic E-state index is -3.50. The molecule has 0 bridgehead atoms. The number of nitrogens with two attached hydrogens (primary N) is 1. The highest BCUT2D eigenvalue weighted by atomic mass is 32.2. The van der Waals surface area contributed by atoms with E-state index in [1.54, 1.807) is 13.8 Å². The van der Waals surface area contributed by atoms with Crippen LogP contribution >= 0.6 is 0 Å². The normalized spacial score (nSPS) is 12.7. The summed E-state index contributed by atoms with van der Waals surface area (Å²) in [6.07, 6.45) is 1.07. The van der Waals surface area contributed by atoms with Gasteiger partial charge >= 0.3 is 0 Å². The first kappa shape index (κ1) is 19.3. The van der Waals surface area contributed by atoms with E-state index in [0.717, 1.165) is 11.6 Å². The highest BCUT2D eigenvalue weighted by Crippen LogP contribution is 2.29. The zero-order valence-corrected chi connectivity index (χ0v) is 16.5. The lowest BCUT2D eigenvalue weighted by atomic mass is 10.2. The van der Waals surface area contributed by atoms with Crippen LogP contribution in [0.4, 0.5) is 5.82 Å². The van der Waals surface area contributed by atoms with Gasteiger partial charge in [-0.1, -0.05) is 18.2 Å². The number of sulfonamides is 1. The summed E-state index contributed by atoms with van der Waals surface area (Å²) in [5, 5.41) is 0.784. The molecule has 0 aliphatic rings. The van der Waals surface area contributed by atoms with Crippen molar-refractivity contribution in [1.29, 1.82) is 0 Å². The van der Waals surface area contributed by atoms with Crippen molar-refractivity contribution >= 4 is 37.8 Å². The zero-order valence-electron chi connectivity index (χ0n) is 15.7. The monoisotopic (exact) mass is 393 g/mol. The Morgan fingerprint density at radius 1 is 1.26 bits per heavy atom. The maximum atomic E-state index is 11.7. The van der Waals surface area contributed by atoms with Gasteiger partial charge in [0.15, 0.2) is 17.4 Å². The van der Waals surface area contributed by atoms with E-state index in [0.29, 0.717) is 29.0 Å². The van der Waals surface area contributed by atoms with Crippen LogP contribution in [0.5, 0.6) is 0 Å². The van der Waals surface area contributed by atoms with Gasteiger partial charge in [-0.15, -0.1) is 0 Å². The van der Waals surface area contributed by atoms with Gasteiger partial charge in [0.25, 0.3) is 0 Å². The number of pyridine rings is 1. The molecule has 0 aliphatic heterocycles. The SMILES string of the molecule is CCOCc1nc2c(N)nc3ccccc3c2n1OC(C)(C)NS(C)(=O)=O. The molecule has 0 atom stereocenters. The molecule has 3 rings (SSSR count). The first-order valence-corrected chi connectivity index (χ1v) is 10.3. The van der Waals surface area contributed by atoms with Crippen molar-refractivity contribution in [3.8, 4) is 0 Å². The summed E-state index contributed by atoms with van der Waals surface area (Å²) in [4.78, 5) is 14.9. The summed E-state index contributed by atoms with van der Waals surface area (Å²) in [6.45, 7) is 5.75. The molecule has 0 spiro atoms. The van der Waals surface area contributed by atoms with Gasteiger partial charge in [-0.25, -0.2) is 18.4 Å². The van der Waals surface area contributed by atoms with E-state index in [2.05, 4.69) is 14.7 Å². The number of imidazole rings is 1. The molecule has 0 unspecified atom stereocenters.